The Hall–Kier alpha value is -2.06. The van der Waals surface area contributed by atoms with Crippen LogP contribution in [0.2, 0.25) is 0 Å². The maximum atomic E-state index is 13.1. The Kier molecular flexibility index (Phi) is 3.55. The Morgan fingerprint density at radius 1 is 1.35 bits per heavy atom. The van der Waals surface area contributed by atoms with Gasteiger partial charge in [0.15, 0.2) is 10.8 Å². The molecule has 0 radical (unpaired) electrons. The van der Waals surface area contributed by atoms with Gasteiger partial charge >= 0.3 is 6.09 Å². The van der Waals surface area contributed by atoms with Gasteiger partial charge in [-0.15, -0.1) is 11.3 Å². The number of anilines is 1. The Balaban J connectivity index is 1.37. The summed E-state index contributed by atoms with van der Waals surface area (Å²) in [5.41, 5.74) is 0.359. The van der Waals surface area contributed by atoms with Crippen LogP contribution in [0, 0.1) is 11.8 Å². The molecule has 6 rings (SSSR count). The summed E-state index contributed by atoms with van der Waals surface area (Å²) >= 11 is 0.887. The molecule has 1 saturated carbocycles. The fourth-order valence-electron chi connectivity index (χ4n) is 4.50. The Morgan fingerprint density at radius 3 is 2.77 bits per heavy atom. The second-order valence-electron chi connectivity index (χ2n) is 7.10. The summed E-state index contributed by atoms with van der Waals surface area (Å²) in [6, 6.07) is 9.08. The number of piperidine rings is 3. The highest BCUT2D eigenvalue weighted by molar-refractivity contribution is 7.15. The third-order valence-electron chi connectivity index (χ3n) is 5.68. The Morgan fingerprint density at radius 2 is 2.15 bits per heavy atom. The summed E-state index contributed by atoms with van der Waals surface area (Å²) < 4.78 is 32.0. The summed E-state index contributed by atoms with van der Waals surface area (Å²) in [6.45, 7) is 2.83. The molecule has 1 aliphatic carbocycles. The van der Waals surface area contributed by atoms with E-state index < -0.39 is 12.5 Å². The van der Waals surface area contributed by atoms with Crippen molar-refractivity contribution < 1.29 is 18.3 Å². The second-order valence-corrected chi connectivity index (χ2v) is 8.13. The van der Waals surface area contributed by atoms with E-state index in [0.717, 1.165) is 43.0 Å². The number of thiazole rings is 1. The first-order chi connectivity index (χ1) is 12.6. The van der Waals surface area contributed by atoms with Gasteiger partial charge in [0, 0.05) is 24.9 Å². The lowest BCUT2D eigenvalue weighted by Gasteiger charge is -2.29. The molecule has 1 aromatic heterocycles. The number of fused-ring (bicyclic) bond motifs is 1. The van der Waals surface area contributed by atoms with E-state index in [9.17, 15) is 13.6 Å². The molecule has 4 bridgehead atoms. The SMILES string of the molecule is O=C(Nc1nc(C(F)F)sc1-c1ccccc1)O[C@]12CN3CCC1[C@@H]2C3. The number of rotatable bonds is 4. The van der Waals surface area contributed by atoms with Crippen molar-refractivity contribution in [2.24, 2.45) is 11.8 Å². The van der Waals surface area contributed by atoms with Crippen LogP contribution in [0.1, 0.15) is 17.9 Å². The summed E-state index contributed by atoms with van der Waals surface area (Å²) in [5.74, 6) is 1.00. The van der Waals surface area contributed by atoms with Gasteiger partial charge in [-0.3, -0.25) is 10.2 Å². The number of benzene rings is 1. The fraction of sp³-hybridized carbons (Fsp3) is 0.444. The van der Waals surface area contributed by atoms with Crippen LogP contribution < -0.4 is 5.32 Å². The summed E-state index contributed by atoms with van der Waals surface area (Å²) in [5, 5.41) is 2.30. The van der Waals surface area contributed by atoms with Crippen LogP contribution in [-0.2, 0) is 4.74 Å². The molecule has 4 aliphatic rings. The predicted molar refractivity (Wildman–Crippen MR) is 93.4 cm³/mol. The first-order valence-electron chi connectivity index (χ1n) is 8.63. The number of alkyl halides is 2. The van der Waals surface area contributed by atoms with Crippen molar-refractivity contribution in [3.8, 4) is 10.4 Å². The van der Waals surface area contributed by atoms with E-state index in [2.05, 4.69) is 15.2 Å². The van der Waals surface area contributed by atoms with E-state index in [0.29, 0.717) is 16.7 Å². The van der Waals surface area contributed by atoms with Gasteiger partial charge in [0.2, 0.25) is 0 Å². The van der Waals surface area contributed by atoms with Gasteiger partial charge in [0.1, 0.15) is 5.60 Å². The normalized spacial score (nSPS) is 31.1. The van der Waals surface area contributed by atoms with E-state index in [1.54, 1.807) is 12.1 Å². The zero-order valence-electron chi connectivity index (χ0n) is 13.8. The average molecular weight is 377 g/mol. The molecule has 26 heavy (non-hydrogen) atoms. The zero-order valence-corrected chi connectivity index (χ0v) is 14.6. The highest BCUT2D eigenvalue weighted by Gasteiger charge is 2.74. The molecule has 2 aromatic rings. The number of nitrogens with zero attached hydrogens (tertiary/aromatic N) is 2. The van der Waals surface area contributed by atoms with Crippen molar-refractivity contribution >= 4 is 23.2 Å². The number of carbonyl (C=O) groups is 1. The minimum atomic E-state index is -2.68. The molecule has 3 aliphatic heterocycles. The van der Waals surface area contributed by atoms with Crippen LogP contribution in [0.3, 0.4) is 0 Å². The first-order valence-corrected chi connectivity index (χ1v) is 9.45. The Bertz CT molecular complexity index is 853. The number of halogens is 2. The summed E-state index contributed by atoms with van der Waals surface area (Å²) in [7, 11) is 0. The summed E-state index contributed by atoms with van der Waals surface area (Å²) in [6.07, 6.45) is -2.23. The standard InChI is InChI=1S/C18H17F2N3O2S/c19-14(20)16-21-15(13(26-16)10-4-2-1-3-5-10)22-17(24)25-18-9-23-7-6-11(18)12(18)8-23/h1-5,11-12,14H,6-9H2,(H,22,24)/t11?,12-,18+/m0/s1. The number of nitrogens with one attached hydrogen (secondary N) is 1. The van der Waals surface area contributed by atoms with Crippen molar-refractivity contribution in [2.45, 2.75) is 18.4 Å². The van der Waals surface area contributed by atoms with Gasteiger partial charge in [-0.1, -0.05) is 30.3 Å². The smallest absolute Gasteiger partial charge is 0.413 e. The molecule has 5 nitrogen and oxygen atoms in total. The molecule has 1 aromatic carbocycles. The number of aromatic nitrogens is 1. The van der Waals surface area contributed by atoms with Crippen LogP contribution >= 0.6 is 11.3 Å². The van der Waals surface area contributed by atoms with Gasteiger partial charge in [-0.25, -0.2) is 18.6 Å². The number of ether oxygens (including phenoxy) is 1. The molecular formula is C18H17F2N3O2S. The van der Waals surface area contributed by atoms with E-state index in [4.69, 9.17) is 4.74 Å². The van der Waals surface area contributed by atoms with Crippen LogP contribution in [-0.4, -0.2) is 41.2 Å². The third-order valence-corrected chi connectivity index (χ3v) is 6.80. The highest BCUT2D eigenvalue weighted by Crippen LogP contribution is 2.62. The van der Waals surface area contributed by atoms with Crippen molar-refractivity contribution in [1.29, 1.82) is 0 Å². The highest BCUT2D eigenvalue weighted by atomic mass is 32.1. The molecule has 4 heterocycles. The Labute approximate surface area is 153 Å². The first kappa shape index (κ1) is 16.1. The molecule has 2 unspecified atom stereocenters. The van der Waals surface area contributed by atoms with E-state index in [1.165, 1.54) is 0 Å². The maximum Gasteiger partial charge on any atom is 0.413 e. The molecular weight excluding hydrogens is 360 g/mol. The molecule has 1 amide bonds. The van der Waals surface area contributed by atoms with Gasteiger partial charge in [-0.2, -0.15) is 0 Å². The monoisotopic (exact) mass is 377 g/mol. The van der Waals surface area contributed by atoms with Crippen molar-refractivity contribution in [3.63, 3.8) is 0 Å². The molecule has 8 heteroatoms. The van der Waals surface area contributed by atoms with Gasteiger partial charge < -0.3 is 4.74 Å². The molecule has 0 spiro atoms. The number of hydrogen-bond donors (Lipinski definition) is 1. The number of amides is 1. The third kappa shape index (κ3) is 2.43. The van der Waals surface area contributed by atoms with Gasteiger partial charge in [-0.05, 0) is 18.5 Å². The largest absolute Gasteiger partial charge is 0.441 e. The van der Waals surface area contributed by atoms with Crippen LogP contribution in [0.15, 0.2) is 30.3 Å². The maximum absolute atomic E-state index is 13.1. The van der Waals surface area contributed by atoms with Crippen molar-refractivity contribution in [2.75, 3.05) is 25.0 Å². The minimum absolute atomic E-state index is 0.138. The minimum Gasteiger partial charge on any atom is -0.441 e. The zero-order chi connectivity index (χ0) is 17.9. The quantitative estimate of drug-likeness (QED) is 0.875. The van der Waals surface area contributed by atoms with E-state index >= 15 is 0 Å². The molecule has 4 atom stereocenters. The lowest BCUT2D eigenvalue weighted by molar-refractivity contribution is 0.0534. The number of carbonyl (C=O) groups excluding carboxylic acids is 1. The second kappa shape index (κ2) is 5.72. The van der Waals surface area contributed by atoms with Gasteiger partial charge in [0.05, 0.1) is 4.88 Å². The molecule has 4 fully saturated rings. The average Bonchev–Trinajstić information content (AvgIpc) is 2.94. The van der Waals surface area contributed by atoms with Crippen LogP contribution in [0.5, 0.6) is 0 Å². The van der Waals surface area contributed by atoms with Gasteiger partial charge in [0.25, 0.3) is 6.43 Å². The number of hydrogen-bond acceptors (Lipinski definition) is 5. The molecule has 3 saturated heterocycles. The lowest BCUT2D eigenvalue weighted by Crippen LogP contribution is -2.40. The van der Waals surface area contributed by atoms with Crippen LogP contribution in [0.25, 0.3) is 10.4 Å². The molecule has 136 valence electrons. The topological polar surface area (TPSA) is 54.5 Å². The molecule has 1 N–H and O–H groups in total. The predicted octanol–water partition coefficient (Wildman–Crippen LogP) is 4.00. The van der Waals surface area contributed by atoms with Crippen molar-refractivity contribution in [3.05, 3.63) is 35.3 Å². The fourth-order valence-corrected chi connectivity index (χ4v) is 5.38. The van der Waals surface area contributed by atoms with Crippen LogP contribution in [0.4, 0.5) is 19.4 Å². The summed E-state index contributed by atoms with van der Waals surface area (Å²) in [4.78, 5) is 19.2. The van der Waals surface area contributed by atoms with E-state index in [1.807, 2.05) is 18.2 Å². The lowest BCUT2D eigenvalue weighted by atomic mass is 10.1. The van der Waals surface area contributed by atoms with Crippen molar-refractivity contribution in [1.82, 2.24) is 9.88 Å². The van der Waals surface area contributed by atoms with E-state index in [-0.39, 0.29) is 16.4 Å².